The van der Waals surface area contributed by atoms with Crippen LogP contribution in [0.15, 0.2) is 115 Å². The van der Waals surface area contributed by atoms with E-state index in [2.05, 4.69) is 108 Å². The van der Waals surface area contributed by atoms with E-state index in [1.807, 2.05) is 18.2 Å². The molecule has 4 rings (SSSR count). The quantitative estimate of drug-likeness (QED) is 0.449. The largest absolute Gasteiger partial charge is 0.368 e. The van der Waals surface area contributed by atoms with Crippen LogP contribution in [0.1, 0.15) is 16.7 Å². The molecule has 0 aromatic heterocycles. The molecule has 0 aliphatic heterocycles. The minimum atomic E-state index is -0.487. The predicted octanol–water partition coefficient (Wildman–Crippen LogP) is 5.89. The lowest BCUT2D eigenvalue weighted by atomic mass is 9.77. The Kier molecular flexibility index (Phi) is 4.53. The Balaban J connectivity index is 2.00. The summed E-state index contributed by atoms with van der Waals surface area (Å²) in [5, 5.41) is 3.81. The zero-order valence-corrected chi connectivity index (χ0v) is 14.5. The molecule has 4 aromatic carbocycles. The van der Waals surface area contributed by atoms with Crippen LogP contribution in [0.5, 0.6) is 0 Å². The van der Waals surface area contributed by atoms with Crippen molar-refractivity contribution in [2.24, 2.45) is 0 Å². The lowest BCUT2D eigenvalue weighted by molar-refractivity contribution is 0.712. The number of rotatable bonds is 5. The molecule has 0 saturated heterocycles. The highest BCUT2D eigenvalue weighted by molar-refractivity contribution is 5.59. The van der Waals surface area contributed by atoms with Gasteiger partial charge >= 0.3 is 0 Å². The van der Waals surface area contributed by atoms with E-state index in [0.29, 0.717) is 0 Å². The Labute approximate surface area is 155 Å². The molecule has 1 radical (unpaired) electrons. The molecule has 0 saturated carbocycles. The highest BCUT2D eigenvalue weighted by Gasteiger charge is 2.36. The minimum absolute atomic E-state index is 0.487. The molecule has 0 amide bonds. The van der Waals surface area contributed by atoms with Gasteiger partial charge in [0.25, 0.3) is 0 Å². The van der Waals surface area contributed by atoms with Crippen molar-refractivity contribution >= 4 is 5.69 Å². The highest BCUT2D eigenvalue weighted by atomic mass is 15.0. The van der Waals surface area contributed by atoms with Gasteiger partial charge in [0.1, 0.15) is 5.54 Å². The van der Waals surface area contributed by atoms with Gasteiger partial charge in [-0.2, -0.15) is 0 Å². The van der Waals surface area contributed by atoms with Crippen molar-refractivity contribution in [2.75, 3.05) is 5.32 Å². The molecule has 4 aromatic rings. The van der Waals surface area contributed by atoms with Crippen LogP contribution < -0.4 is 5.32 Å². The zero-order valence-electron chi connectivity index (χ0n) is 14.5. The van der Waals surface area contributed by atoms with Gasteiger partial charge in [0.15, 0.2) is 0 Å². The number of anilines is 1. The van der Waals surface area contributed by atoms with Crippen molar-refractivity contribution in [3.8, 4) is 0 Å². The number of nitrogens with one attached hydrogen (secondary N) is 1. The van der Waals surface area contributed by atoms with Gasteiger partial charge < -0.3 is 5.32 Å². The Hall–Kier alpha value is -3.32. The SMILES string of the molecule is [c]1cccc(NC(c2ccccc2)(c2ccccc2)c2ccccc2)c1. The van der Waals surface area contributed by atoms with E-state index in [-0.39, 0.29) is 0 Å². The molecule has 1 N–H and O–H groups in total. The summed E-state index contributed by atoms with van der Waals surface area (Å²) >= 11 is 0. The monoisotopic (exact) mass is 334 g/mol. The molecule has 1 nitrogen and oxygen atoms in total. The molecular weight excluding hydrogens is 314 g/mol. The fraction of sp³-hybridized carbons (Fsp3) is 0.0400. The second-order valence-electron chi connectivity index (χ2n) is 6.27. The molecule has 0 aliphatic rings. The zero-order chi connectivity index (χ0) is 17.7. The van der Waals surface area contributed by atoms with Crippen LogP contribution in [0.4, 0.5) is 5.69 Å². The van der Waals surface area contributed by atoms with E-state index in [4.69, 9.17) is 0 Å². The van der Waals surface area contributed by atoms with Gasteiger partial charge in [-0.05, 0) is 34.9 Å². The van der Waals surface area contributed by atoms with Crippen molar-refractivity contribution in [1.82, 2.24) is 0 Å². The fourth-order valence-electron chi connectivity index (χ4n) is 3.47. The Morgan fingerprint density at radius 2 is 1.00 bits per heavy atom. The first-order chi connectivity index (χ1) is 12.9. The summed E-state index contributed by atoms with van der Waals surface area (Å²) in [6.45, 7) is 0. The van der Waals surface area contributed by atoms with Gasteiger partial charge in [0.05, 0.1) is 0 Å². The van der Waals surface area contributed by atoms with Crippen LogP contribution in [0.25, 0.3) is 0 Å². The molecular formula is C25H20N. The molecule has 0 atom stereocenters. The second kappa shape index (κ2) is 7.28. The summed E-state index contributed by atoms with van der Waals surface area (Å²) in [5.74, 6) is 0. The summed E-state index contributed by atoms with van der Waals surface area (Å²) < 4.78 is 0. The van der Waals surface area contributed by atoms with Crippen LogP contribution in [0.3, 0.4) is 0 Å². The van der Waals surface area contributed by atoms with Crippen LogP contribution in [0, 0.1) is 6.07 Å². The van der Waals surface area contributed by atoms with Crippen LogP contribution in [-0.4, -0.2) is 0 Å². The maximum absolute atomic E-state index is 3.81. The molecule has 0 bridgehead atoms. The van der Waals surface area contributed by atoms with Gasteiger partial charge in [-0.15, -0.1) is 0 Å². The van der Waals surface area contributed by atoms with E-state index in [9.17, 15) is 0 Å². The first kappa shape index (κ1) is 16.2. The van der Waals surface area contributed by atoms with E-state index in [1.165, 1.54) is 16.7 Å². The highest BCUT2D eigenvalue weighted by Crippen LogP contribution is 2.39. The molecule has 125 valence electrons. The summed E-state index contributed by atoms with van der Waals surface area (Å²) in [4.78, 5) is 0. The topological polar surface area (TPSA) is 12.0 Å². The third-order valence-corrected chi connectivity index (χ3v) is 4.66. The Morgan fingerprint density at radius 1 is 0.538 bits per heavy atom. The fourth-order valence-corrected chi connectivity index (χ4v) is 3.47. The van der Waals surface area contributed by atoms with Crippen molar-refractivity contribution in [3.05, 3.63) is 138 Å². The van der Waals surface area contributed by atoms with Gasteiger partial charge in [-0.3, -0.25) is 0 Å². The third kappa shape index (κ3) is 3.00. The lowest BCUT2D eigenvalue weighted by Crippen LogP contribution is -2.38. The van der Waals surface area contributed by atoms with Crippen LogP contribution in [-0.2, 0) is 5.54 Å². The molecule has 1 heteroatoms. The van der Waals surface area contributed by atoms with E-state index in [0.717, 1.165) is 5.69 Å². The predicted molar refractivity (Wildman–Crippen MR) is 108 cm³/mol. The first-order valence-electron chi connectivity index (χ1n) is 8.80. The summed E-state index contributed by atoms with van der Waals surface area (Å²) in [6, 6.07) is 43.0. The summed E-state index contributed by atoms with van der Waals surface area (Å²) in [5.41, 5.74) is 4.13. The number of hydrogen-bond acceptors (Lipinski definition) is 1. The van der Waals surface area contributed by atoms with Gasteiger partial charge in [-0.1, -0.05) is 103 Å². The third-order valence-electron chi connectivity index (χ3n) is 4.66. The summed E-state index contributed by atoms with van der Waals surface area (Å²) in [6.07, 6.45) is 0. The molecule has 0 aliphatic carbocycles. The van der Waals surface area contributed by atoms with Gasteiger partial charge in [0, 0.05) is 5.69 Å². The number of benzene rings is 4. The standard InChI is InChI=1S/C25H20N/c1-5-13-21(14-6-1)25(22-15-7-2-8-16-22,23-17-9-3-10-18-23)26-24-19-11-4-12-20-24/h1-11,13-20,26H. The molecule has 0 spiro atoms. The van der Waals surface area contributed by atoms with Crippen molar-refractivity contribution in [2.45, 2.75) is 5.54 Å². The van der Waals surface area contributed by atoms with E-state index in [1.54, 1.807) is 0 Å². The van der Waals surface area contributed by atoms with Crippen molar-refractivity contribution in [1.29, 1.82) is 0 Å². The summed E-state index contributed by atoms with van der Waals surface area (Å²) in [7, 11) is 0. The van der Waals surface area contributed by atoms with Crippen LogP contribution >= 0.6 is 0 Å². The lowest BCUT2D eigenvalue weighted by Gasteiger charge is -2.37. The first-order valence-corrected chi connectivity index (χ1v) is 8.80. The molecule has 0 fully saturated rings. The maximum atomic E-state index is 3.81. The average Bonchev–Trinajstić information content (AvgIpc) is 2.75. The number of hydrogen-bond donors (Lipinski definition) is 1. The van der Waals surface area contributed by atoms with Crippen molar-refractivity contribution < 1.29 is 0 Å². The molecule has 26 heavy (non-hydrogen) atoms. The second-order valence-corrected chi connectivity index (χ2v) is 6.27. The van der Waals surface area contributed by atoms with Gasteiger partial charge in [0.2, 0.25) is 0 Å². The van der Waals surface area contributed by atoms with Gasteiger partial charge in [-0.25, -0.2) is 0 Å². The normalized spacial score (nSPS) is 11.1. The smallest absolute Gasteiger partial charge is 0.114 e. The Morgan fingerprint density at radius 3 is 1.38 bits per heavy atom. The van der Waals surface area contributed by atoms with E-state index < -0.39 is 5.54 Å². The van der Waals surface area contributed by atoms with Crippen LogP contribution in [0.2, 0.25) is 0 Å². The minimum Gasteiger partial charge on any atom is -0.368 e. The molecule has 0 unspecified atom stereocenters. The van der Waals surface area contributed by atoms with E-state index >= 15 is 0 Å². The average molecular weight is 334 g/mol. The Bertz CT molecular complexity index is 836. The maximum Gasteiger partial charge on any atom is 0.114 e. The molecule has 0 heterocycles. The van der Waals surface area contributed by atoms with Crippen molar-refractivity contribution in [3.63, 3.8) is 0 Å².